The summed E-state index contributed by atoms with van der Waals surface area (Å²) in [6.45, 7) is 1.55. The number of ketones is 1. The lowest BCUT2D eigenvalue weighted by Crippen LogP contribution is -2.24. The van der Waals surface area contributed by atoms with Crippen molar-refractivity contribution in [1.82, 2.24) is 4.72 Å². The van der Waals surface area contributed by atoms with Gasteiger partial charge in [-0.3, -0.25) is 4.79 Å². The molecule has 26 heavy (non-hydrogen) atoms. The van der Waals surface area contributed by atoms with Crippen molar-refractivity contribution in [2.75, 3.05) is 6.54 Å². The van der Waals surface area contributed by atoms with Gasteiger partial charge >= 0.3 is 0 Å². The fourth-order valence-electron chi connectivity index (χ4n) is 3.03. The van der Waals surface area contributed by atoms with E-state index in [9.17, 15) is 13.2 Å². The first-order valence-electron chi connectivity index (χ1n) is 8.67. The lowest BCUT2D eigenvalue weighted by Gasteiger charge is -2.16. The molecule has 0 spiro atoms. The molecule has 1 aliphatic rings. The van der Waals surface area contributed by atoms with E-state index < -0.39 is 10.0 Å². The summed E-state index contributed by atoms with van der Waals surface area (Å²) in [6, 6.07) is 12.3. The number of Topliss-reactive ketones (excluding diaryl/α,β-unsaturated/α-hetero) is 1. The van der Waals surface area contributed by atoms with Gasteiger partial charge in [-0.25, -0.2) is 8.42 Å². The Bertz CT molecular complexity index is 980. The first-order valence-corrected chi connectivity index (χ1v) is 10.2. The minimum absolute atomic E-state index is 0.00215. The highest BCUT2D eigenvalue weighted by atomic mass is 32.2. The van der Waals surface area contributed by atoms with Crippen molar-refractivity contribution >= 4 is 15.8 Å². The predicted molar refractivity (Wildman–Crippen MR) is 102 cm³/mol. The molecule has 0 heterocycles. The number of hydrogen-bond acceptors (Lipinski definition) is 3. The van der Waals surface area contributed by atoms with E-state index in [1.165, 1.54) is 18.9 Å². The Labute approximate surface area is 154 Å². The first-order chi connectivity index (χ1) is 12.5. The number of carbonyl (C=O) groups is 1. The molecule has 0 radical (unpaired) electrons. The summed E-state index contributed by atoms with van der Waals surface area (Å²) in [5.41, 5.74) is 3.76. The zero-order chi connectivity index (χ0) is 18.6. The van der Waals surface area contributed by atoms with Gasteiger partial charge in [0, 0.05) is 11.1 Å². The smallest absolute Gasteiger partial charge is 0.241 e. The van der Waals surface area contributed by atoms with E-state index in [4.69, 9.17) is 0 Å². The summed E-state index contributed by atoms with van der Waals surface area (Å²) >= 11 is 0. The molecular formula is C21H21NO3S. The number of hydrogen-bond donors (Lipinski definition) is 1. The van der Waals surface area contributed by atoms with Crippen LogP contribution < -0.4 is 4.72 Å². The molecule has 0 aliphatic heterocycles. The van der Waals surface area contributed by atoms with Gasteiger partial charge in [-0.2, -0.15) is 4.72 Å². The van der Waals surface area contributed by atoms with Crippen LogP contribution in [0.15, 0.2) is 47.4 Å². The van der Waals surface area contributed by atoms with E-state index in [2.05, 4.69) is 16.6 Å². The number of benzene rings is 2. The van der Waals surface area contributed by atoms with Crippen LogP contribution in [-0.4, -0.2) is 20.7 Å². The number of nitrogens with one attached hydrogen (secondary N) is 1. The van der Waals surface area contributed by atoms with E-state index in [1.807, 2.05) is 6.07 Å². The Morgan fingerprint density at radius 2 is 1.73 bits per heavy atom. The van der Waals surface area contributed by atoms with Crippen molar-refractivity contribution in [3.63, 3.8) is 0 Å². The van der Waals surface area contributed by atoms with Gasteiger partial charge in [-0.15, -0.1) is 0 Å². The highest BCUT2D eigenvalue weighted by Crippen LogP contribution is 2.23. The Morgan fingerprint density at radius 3 is 2.42 bits per heavy atom. The number of carbonyl (C=O) groups excluding carboxylic acids is 1. The number of aryl methyl sites for hydroxylation is 2. The molecule has 1 N–H and O–H groups in total. The van der Waals surface area contributed by atoms with Crippen LogP contribution in [0, 0.1) is 11.8 Å². The molecule has 1 aliphatic carbocycles. The molecule has 0 saturated carbocycles. The standard InChI is InChI=1S/C21H21NO3S/c1-16(23)18-10-8-17(9-11-18)5-4-14-22-26(24,25)21-13-12-19-6-2-3-7-20(19)15-21/h8-13,15,22H,2-3,6-7,14H2,1H3. The number of fused-ring (bicyclic) bond motifs is 1. The fourth-order valence-corrected chi connectivity index (χ4v) is 4.00. The maximum atomic E-state index is 12.4. The van der Waals surface area contributed by atoms with Crippen LogP contribution >= 0.6 is 0 Å². The fraction of sp³-hybridized carbons (Fsp3) is 0.286. The molecule has 0 unspecified atom stereocenters. The van der Waals surface area contributed by atoms with E-state index in [0.717, 1.165) is 30.4 Å². The monoisotopic (exact) mass is 367 g/mol. The van der Waals surface area contributed by atoms with Crippen molar-refractivity contribution in [1.29, 1.82) is 0 Å². The lowest BCUT2D eigenvalue weighted by atomic mass is 9.92. The predicted octanol–water partition coefficient (Wildman–Crippen LogP) is 3.10. The molecule has 0 saturated heterocycles. The van der Waals surface area contributed by atoms with E-state index in [1.54, 1.807) is 36.4 Å². The minimum atomic E-state index is -3.56. The van der Waals surface area contributed by atoms with Crippen LogP contribution in [0.3, 0.4) is 0 Å². The lowest BCUT2D eigenvalue weighted by molar-refractivity contribution is 0.101. The Hall–Kier alpha value is -2.42. The Morgan fingerprint density at radius 1 is 1.04 bits per heavy atom. The van der Waals surface area contributed by atoms with Gasteiger partial charge in [0.25, 0.3) is 0 Å². The summed E-state index contributed by atoms with van der Waals surface area (Å²) in [6.07, 6.45) is 4.24. The largest absolute Gasteiger partial charge is 0.295 e. The normalized spacial score (nSPS) is 13.4. The number of rotatable bonds is 4. The second kappa shape index (κ2) is 7.86. The van der Waals surface area contributed by atoms with Gasteiger partial charge < -0.3 is 0 Å². The maximum absolute atomic E-state index is 12.4. The molecule has 2 aromatic rings. The zero-order valence-electron chi connectivity index (χ0n) is 14.7. The van der Waals surface area contributed by atoms with E-state index in [0.29, 0.717) is 10.5 Å². The SMILES string of the molecule is CC(=O)c1ccc(C#CCNS(=O)(=O)c2ccc3c(c2)CCCC3)cc1. The van der Waals surface area contributed by atoms with Gasteiger partial charge in [0.15, 0.2) is 5.78 Å². The minimum Gasteiger partial charge on any atom is -0.295 e. The third-order valence-electron chi connectivity index (χ3n) is 4.50. The van der Waals surface area contributed by atoms with Gasteiger partial charge in [0.1, 0.15) is 0 Å². The topological polar surface area (TPSA) is 63.2 Å². The van der Waals surface area contributed by atoms with Crippen molar-refractivity contribution in [3.05, 3.63) is 64.7 Å². The van der Waals surface area contributed by atoms with Crippen molar-refractivity contribution < 1.29 is 13.2 Å². The van der Waals surface area contributed by atoms with Gasteiger partial charge in [-0.05, 0) is 68.0 Å². The molecule has 4 nitrogen and oxygen atoms in total. The van der Waals surface area contributed by atoms with Crippen molar-refractivity contribution in [3.8, 4) is 11.8 Å². The molecule has 134 valence electrons. The average molecular weight is 367 g/mol. The van der Waals surface area contributed by atoms with Crippen molar-refractivity contribution in [2.24, 2.45) is 0 Å². The summed E-state index contributed by atoms with van der Waals surface area (Å²) in [5.74, 6) is 5.71. The van der Waals surface area contributed by atoms with Crippen LogP contribution in [0.4, 0.5) is 0 Å². The van der Waals surface area contributed by atoms with Crippen LogP contribution in [0.25, 0.3) is 0 Å². The van der Waals surface area contributed by atoms with Crippen LogP contribution in [-0.2, 0) is 22.9 Å². The van der Waals surface area contributed by atoms with Gasteiger partial charge in [0.2, 0.25) is 10.0 Å². The molecule has 3 rings (SSSR count). The molecule has 0 aromatic heterocycles. The number of sulfonamides is 1. The summed E-state index contributed by atoms with van der Waals surface area (Å²) in [5, 5.41) is 0. The molecule has 5 heteroatoms. The maximum Gasteiger partial charge on any atom is 0.241 e. The molecular weight excluding hydrogens is 346 g/mol. The molecule has 0 bridgehead atoms. The van der Waals surface area contributed by atoms with Gasteiger partial charge in [-0.1, -0.05) is 30.0 Å². The second-order valence-electron chi connectivity index (χ2n) is 6.40. The third kappa shape index (κ3) is 4.40. The van der Waals surface area contributed by atoms with Crippen LogP contribution in [0.1, 0.15) is 46.8 Å². The van der Waals surface area contributed by atoms with E-state index in [-0.39, 0.29) is 12.3 Å². The Balaban J connectivity index is 1.65. The van der Waals surface area contributed by atoms with Crippen LogP contribution in [0.5, 0.6) is 0 Å². The van der Waals surface area contributed by atoms with Gasteiger partial charge in [0.05, 0.1) is 11.4 Å². The van der Waals surface area contributed by atoms with Crippen LogP contribution in [0.2, 0.25) is 0 Å². The van der Waals surface area contributed by atoms with E-state index >= 15 is 0 Å². The third-order valence-corrected chi connectivity index (χ3v) is 5.90. The molecule has 0 fully saturated rings. The highest BCUT2D eigenvalue weighted by molar-refractivity contribution is 7.89. The Kier molecular flexibility index (Phi) is 5.55. The first kappa shape index (κ1) is 18.4. The summed E-state index contributed by atoms with van der Waals surface area (Å²) in [7, 11) is -3.56. The van der Waals surface area contributed by atoms with Crippen molar-refractivity contribution in [2.45, 2.75) is 37.5 Å². The average Bonchev–Trinajstić information content (AvgIpc) is 2.65. The summed E-state index contributed by atoms with van der Waals surface area (Å²) < 4.78 is 27.4. The molecule has 2 aromatic carbocycles. The second-order valence-corrected chi connectivity index (χ2v) is 8.16. The quantitative estimate of drug-likeness (QED) is 0.667. The zero-order valence-corrected chi connectivity index (χ0v) is 15.5. The summed E-state index contributed by atoms with van der Waals surface area (Å²) in [4.78, 5) is 11.5. The highest BCUT2D eigenvalue weighted by Gasteiger charge is 2.16. The molecule has 0 atom stereocenters. The molecule has 0 amide bonds.